The smallest absolute Gasteiger partial charge is 0.103 e. The van der Waals surface area contributed by atoms with E-state index in [9.17, 15) is 0 Å². The van der Waals surface area contributed by atoms with Crippen molar-refractivity contribution in [3.05, 3.63) is 42.6 Å². The first-order chi connectivity index (χ1) is 14.1. The van der Waals surface area contributed by atoms with Gasteiger partial charge in [-0.2, -0.15) is 15.3 Å². The Labute approximate surface area is 173 Å². The number of nitrogens with two attached hydrogens (primary N) is 1. The van der Waals surface area contributed by atoms with Gasteiger partial charge in [0.2, 0.25) is 0 Å². The van der Waals surface area contributed by atoms with Crippen LogP contribution in [-0.2, 0) is 7.05 Å². The highest BCUT2D eigenvalue weighted by Crippen LogP contribution is 2.36. The summed E-state index contributed by atoms with van der Waals surface area (Å²) in [5, 5.41) is 18.0. The average molecular weight is 409 g/mol. The van der Waals surface area contributed by atoms with Crippen LogP contribution in [0.3, 0.4) is 0 Å². The van der Waals surface area contributed by atoms with Crippen molar-refractivity contribution in [1.29, 1.82) is 0 Å². The minimum atomic E-state index is 0.459. The summed E-state index contributed by atoms with van der Waals surface area (Å²) in [7, 11) is 1.96. The molecule has 0 bridgehead atoms. The molecule has 0 radical (unpaired) electrons. The molecule has 0 amide bonds. The molecule has 1 aliphatic rings. The van der Waals surface area contributed by atoms with E-state index in [4.69, 9.17) is 5.73 Å². The first kappa shape index (κ1) is 18.3. The fourth-order valence-electron chi connectivity index (χ4n) is 3.90. The average Bonchev–Trinajstić information content (AvgIpc) is 3.42. The number of hydrogen-bond acceptors (Lipinski definition) is 6. The summed E-state index contributed by atoms with van der Waals surface area (Å²) < 4.78 is 5.86. The second kappa shape index (κ2) is 7.23. The van der Waals surface area contributed by atoms with Gasteiger partial charge in [-0.15, -0.1) is 0 Å². The summed E-state index contributed by atoms with van der Waals surface area (Å²) in [5.41, 5.74) is 11.0. The molecule has 0 aliphatic carbocycles. The number of nitrogen functional groups attached to an aromatic ring is 1. The van der Waals surface area contributed by atoms with Gasteiger partial charge in [-0.05, 0) is 45.0 Å². The number of fused-ring (bicyclic) bond motifs is 1. The van der Waals surface area contributed by atoms with E-state index in [2.05, 4.69) is 43.6 Å². The van der Waals surface area contributed by atoms with Crippen LogP contribution in [0.1, 0.15) is 24.6 Å². The van der Waals surface area contributed by atoms with E-state index < -0.39 is 0 Å². The van der Waals surface area contributed by atoms with Gasteiger partial charge in [0, 0.05) is 35.5 Å². The summed E-state index contributed by atoms with van der Waals surface area (Å²) in [6.45, 7) is 4.09. The molecule has 5 rings (SSSR count). The molecule has 29 heavy (non-hydrogen) atoms. The maximum Gasteiger partial charge on any atom is 0.103 e. The summed E-state index contributed by atoms with van der Waals surface area (Å²) in [6, 6.07) is 4.71. The second-order valence-corrected chi connectivity index (χ2v) is 8.59. The van der Waals surface area contributed by atoms with Crippen LogP contribution in [0.5, 0.6) is 0 Å². The Kier molecular flexibility index (Phi) is 4.56. The lowest BCUT2D eigenvalue weighted by Gasteiger charge is -2.22. The van der Waals surface area contributed by atoms with Crippen molar-refractivity contribution in [3.63, 3.8) is 0 Å². The minimum absolute atomic E-state index is 0.459. The molecule has 4 aromatic rings. The molecule has 5 heterocycles. The van der Waals surface area contributed by atoms with Crippen molar-refractivity contribution in [2.45, 2.75) is 35.7 Å². The summed E-state index contributed by atoms with van der Waals surface area (Å²) in [4.78, 5) is 1.05. The Bertz CT molecular complexity index is 1160. The number of aryl methyl sites for hydroxylation is 2. The Morgan fingerprint density at radius 3 is 2.69 bits per heavy atom. The molecular weight excluding hydrogens is 384 g/mol. The van der Waals surface area contributed by atoms with E-state index in [1.807, 2.05) is 35.6 Å². The van der Waals surface area contributed by atoms with Gasteiger partial charge in [0.05, 0.1) is 34.8 Å². The molecule has 150 valence electrons. The molecule has 0 aromatic carbocycles. The van der Waals surface area contributed by atoms with Crippen molar-refractivity contribution in [1.82, 2.24) is 34.5 Å². The monoisotopic (exact) mass is 408 g/mol. The highest BCUT2D eigenvalue weighted by Gasteiger charge is 2.18. The molecule has 0 spiro atoms. The van der Waals surface area contributed by atoms with Crippen LogP contribution in [0.15, 0.2) is 46.8 Å². The third-order valence-corrected chi connectivity index (χ3v) is 6.52. The first-order valence-corrected chi connectivity index (χ1v) is 10.6. The molecule has 0 saturated carbocycles. The number of nitrogens with zero attached hydrogens (tertiary/aromatic N) is 6. The number of anilines is 1. The molecule has 9 heteroatoms. The maximum absolute atomic E-state index is 6.22. The highest BCUT2D eigenvalue weighted by molar-refractivity contribution is 7.99. The second-order valence-electron chi connectivity index (χ2n) is 7.53. The summed E-state index contributed by atoms with van der Waals surface area (Å²) in [5.74, 6) is 0. The van der Waals surface area contributed by atoms with Gasteiger partial charge in [0.15, 0.2) is 0 Å². The van der Waals surface area contributed by atoms with E-state index in [0.717, 1.165) is 58.2 Å². The quantitative estimate of drug-likeness (QED) is 0.540. The zero-order valence-electron chi connectivity index (χ0n) is 16.5. The number of rotatable bonds is 4. The standard InChI is InChI=1S/C20H24N8S/c1-13-7-19(26(2)25-13)29-18-8-14(11-28-20(18)17(21)10-24-28)15-9-23-27(12-15)16-3-5-22-6-4-16/h7-12,16,22H,3-6,21H2,1-2H3. The maximum atomic E-state index is 6.22. The van der Waals surface area contributed by atoms with Crippen molar-refractivity contribution in [2.75, 3.05) is 18.8 Å². The van der Waals surface area contributed by atoms with E-state index in [1.54, 1.807) is 18.0 Å². The zero-order chi connectivity index (χ0) is 20.0. The van der Waals surface area contributed by atoms with Crippen molar-refractivity contribution in [3.8, 4) is 11.1 Å². The zero-order valence-corrected chi connectivity index (χ0v) is 17.4. The van der Waals surface area contributed by atoms with Crippen LogP contribution in [0, 0.1) is 6.92 Å². The predicted octanol–water partition coefficient (Wildman–Crippen LogP) is 2.90. The van der Waals surface area contributed by atoms with Gasteiger partial charge in [-0.25, -0.2) is 4.52 Å². The van der Waals surface area contributed by atoms with E-state index in [-0.39, 0.29) is 0 Å². The Balaban J connectivity index is 1.55. The van der Waals surface area contributed by atoms with E-state index in [1.165, 1.54) is 0 Å². The minimum Gasteiger partial charge on any atom is -0.396 e. The molecule has 3 N–H and O–H groups in total. The first-order valence-electron chi connectivity index (χ1n) is 9.79. The lowest BCUT2D eigenvalue weighted by molar-refractivity contribution is 0.343. The Morgan fingerprint density at radius 2 is 1.93 bits per heavy atom. The Hall–Kier alpha value is -2.78. The number of aromatic nitrogens is 6. The van der Waals surface area contributed by atoms with Crippen molar-refractivity contribution in [2.24, 2.45) is 7.05 Å². The van der Waals surface area contributed by atoms with Crippen molar-refractivity contribution < 1.29 is 0 Å². The number of hydrogen-bond donors (Lipinski definition) is 2. The fourth-order valence-corrected chi connectivity index (χ4v) is 5.02. The molecule has 8 nitrogen and oxygen atoms in total. The lowest BCUT2D eigenvalue weighted by Crippen LogP contribution is -2.29. The molecular formula is C20H24N8S. The molecule has 0 atom stereocenters. The Morgan fingerprint density at radius 1 is 1.10 bits per heavy atom. The van der Waals surface area contributed by atoms with Crippen LogP contribution in [0.4, 0.5) is 5.69 Å². The van der Waals surface area contributed by atoms with E-state index in [0.29, 0.717) is 11.7 Å². The molecule has 4 aromatic heterocycles. The third-order valence-electron chi connectivity index (χ3n) is 5.40. The third kappa shape index (κ3) is 3.40. The molecule has 1 saturated heterocycles. The topological polar surface area (TPSA) is 91.0 Å². The van der Waals surface area contributed by atoms with Gasteiger partial charge >= 0.3 is 0 Å². The lowest BCUT2D eigenvalue weighted by atomic mass is 10.1. The van der Waals surface area contributed by atoms with Gasteiger partial charge in [-0.3, -0.25) is 9.36 Å². The molecule has 1 aliphatic heterocycles. The molecule has 1 fully saturated rings. The van der Waals surface area contributed by atoms with Gasteiger partial charge in [-0.1, -0.05) is 11.8 Å². The van der Waals surface area contributed by atoms with Crippen LogP contribution < -0.4 is 11.1 Å². The predicted molar refractivity (Wildman–Crippen MR) is 114 cm³/mol. The number of nitrogens with one attached hydrogen (secondary N) is 1. The fraction of sp³-hybridized carbons (Fsp3) is 0.350. The number of pyridine rings is 1. The normalized spacial score (nSPS) is 15.4. The highest BCUT2D eigenvalue weighted by atomic mass is 32.2. The van der Waals surface area contributed by atoms with Crippen molar-refractivity contribution >= 4 is 23.0 Å². The van der Waals surface area contributed by atoms with Gasteiger partial charge in [0.1, 0.15) is 5.52 Å². The van der Waals surface area contributed by atoms with Gasteiger partial charge in [0.25, 0.3) is 0 Å². The molecule has 0 unspecified atom stereocenters. The SMILES string of the molecule is Cc1cc(Sc2cc(-c3cnn(C4CCNCC4)c3)cn3ncc(N)c23)n(C)n1. The van der Waals surface area contributed by atoms with Crippen LogP contribution in [0.2, 0.25) is 0 Å². The van der Waals surface area contributed by atoms with Crippen LogP contribution in [0.25, 0.3) is 16.6 Å². The van der Waals surface area contributed by atoms with Gasteiger partial charge < -0.3 is 11.1 Å². The summed E-state index contributed by atoms with van der Waals surface area (Å²) >= 11 is 1.65. The van der Waals surface area contributed by atoms with Crippen LogP contribution >= 0.6 is 11.8 Å². The van der Waals surface area contributed by atoms with E-state index >= 15 is 0 Å². The summed E-state index contributed by atoms with van der Waals surface area (Å²) in [6.07, 6.45) is 10.0. The largest absolute Gasteiger partial charge is 0.396 e. The van der Waals surface area contributed by atoms with Crippen LogP contribution in [-0.4, -0.2) is 42.3 Å². The number of piperidine rings is 1.